The summed E-state index contributed by atoms with van der Waals surface area (Å²) in [6, 6.07) is 3.66. The van der Waals surface area contributed by atoms with E-state index in [1.807, 2.05) is 12.1 Å². The highest BCUT2D eigenvalue weighted by Crippen LogP contribution is 2.44. The van der Waals surface area contributed by atoms with Crippen molar-refractivity contribution in [2.75, 3.05) is 7.11 Å². The first kappa shape index (κ1) is 10.5. The van der Waals surface area contributed by atoms with Gasteiger partial charge in [0.2, 0.25) is 12.0 Å². The van der Waals surface area contributed by atoms with Gasteiger partial charge >= 0.3 is 0 Å². The van der Waals surface area contributed by atoms with E-state index in [1.165, 1.54) is 0 Å². The van der Waals surface area contributed by atoms with E-state index in [0.29, 0.717) is 11.5 Å². The van der Waals surface area contributed by atoms with Crippen LogP contribution in [0.15, 0.2) is 17.0 Å². The minimum absolute atomic E-state index is 0.186. The Bertz CT molecular complexity index is 365. The quantitative estimate of drug-likeness (QED) is 0.803. The van der Waals surface area contributed by atoms with Crippen LogP contribution in [0.3, 0.4) is 0 Å². The van der Waals surface area contributed by atoms with Crippen LogP contribution >= 0.6 is 12.6 Å². The van der Waals surface area contributed by atoms with Gasteiger partial charge in [0.05, 0.1) is 7.11 Å². The molecule has 0 radical (unpaired) electrons. The van der Waals surface area contributed by atoms with Gasteiger partial charge in [0.1, 0.15) is 0 Å². The van der Waals surface area contributed by atoms with Crippen molar-refractivity contribution in [1.82, 2.24) is 0 Å². The zero-order chi connectivity index (χ0) is 10.8. The maximum Gasteiger partial charge on any atom is 0.241 e. The molecular formula is C11H14O3S. The van der Waals surface area contributed by atoms with E-state index in [4.69, 9.17) is 14.2 Å². The molecule has 0 spiro atoms. The van der Waals surface area contributed by atoms with Crippen molar-refractivity contribution in [2.45, 2.75) is 31.0 Å². The van der Waals surface area contributed by atoms with Crippen molar-refractivity contribution >= 4 is 12.6 Å². The number of fused-ring (bicyclic) bond motifs is 1. The third kappa shape index (κ3) is 2.00. The van der Waals surface area contributed by atoms with Gasteiger partial charge in [-0.05, 0) is 18.6 Å². The molecule has 0 aliphatic carbocycles. The summed E-state index contributed by atoms with van der Waals surface area (Å²) in [5.74, 6) is 2.09. The van der Waals surface area contributed by atoms with E-state index in [-0.39, 0.29) is 6.29 Å². The Morgan fingerprint density at radius 2 is 2.20 bits per heavy atom. The summed E-state index contributed by atoms with van der Waals surface area (Å²) in [5.41, 5.74) is 0. The Balaban J connectivity index is 2.28. The van der Waals surface area contributed by atoms with E-state index in [9.17, 15) is 0 Å². The lowest BCUT2D eigenvalue weighted by molar-refractivity contribution is 0.0401. The number of benzene rings is 1. The van der Waals surface area contributed by atoms with Gasteiger partial charge in [0.25, 0.3) is 0 Å². The molecule has 0 N–H and O–H groups in total. The Morgan fingerprint density at radius 1 is 1.40 bits per heavy atom. The maximum atomic E-state index is 5.64. The lowest BCUT2D eigenvalue weighted by Crippen LogP contribution is -2.16. The number of ether oxygens (including phenoxy) is 3. The highest BCUT2D eigenvalue weighted by Gasteiger charge is 2.27. The van der Waals surface area contributed by atoms with E-state index < -0.39 is 0 Å². The van der Waals surface area contributed by atoms with Crippen molar-refractivity contribution in [3.63, 3.8) is 0 Å². The summed E-state index contributed by atoms with van der Waals surface area (Å²) in [7, 11) is 1.61. The van der Waals surface area contributed by atoms with Crippen LogP contribution in [0.4, 0.5) is 0 Å². The molecule has 1 aliphatic heterocycles. The second kappa shape index (κ2) is 4.23. The van der Waals surface area contributed by atoms with Gasteiger partial charge in [-0.25, -0.2) is 0 Å². The number of rotatable bonds is 3. The van der Waals surface area contributed by atoms with E-state index in [2.05, 4.69) is 19.6 Å². The monoisotopic (exact) mass is 226 g/mol. The Kier molecular flexibility index (Phi) is 2.95. The fourth-order valence-electron chi connectivity index (χ4n) is 1.57. The molecule has 0 fully saturated rings. The first-order valence-electron chi connectivity index (χ1n) is 4.99. The van der Waals surface area contributed by atoms with Gasteiger partial charge in [-0.15, -0.1) is 12.6 Å². The Morgan fingerprint density at radius 3 is 2.87 bits per heavy atom. The molecule has 0 aromatic heterocycles. The van der Waals surface area contributed by atoms with E-state index in [0.717, 1.165) is 23.5 Å². The SMILES string of the molecule is CCCC1Oc2cc(S)cc(OC)c2O1. The molecule has 2 rings (SSSR count). The van der Waals surface area contributed by atoms with Crippen LogP contribution < -0.4 is 14.2 Å². The second-order valence-corrected chi connectivity index (χ2v) is 3.95. The number of methoxy groups -OCH3 is 1. The van der Waals surface area contributed by atoms with Gasteiger partial charge in [-0.2, -0.15) is 0 Å². The van der Waals surface area contributed by atoms with Gasteiger partial charge in [-0.3, -0.25) is 0 Å². The van der Waals surface area contributed by atoms with Crippen LogP contribution in [-0.2, 0) is 0 Å². The first-order valence-corrected chi connectivity index (χ1v) is 5.43. The predicted molar refractivity (Wildman–Crippen MR) is 60.2 cm³/mol. The van der Waals surface area contributed by atoms with Crippen LogP contribution in [0.25, 0.3) is 0 Å². The Hall–Kier alpha value is -1.03. The molecule has 1 unspecified atom stereocenters. The zero-order valence-corrected chi connectivity index (χ0v) is 9.71. The molecule has 1 heterocycles. The van der Waals surface area contributed by atoms with E-state index >= 15 is 0 Å². The third-order valence-electron chi connectivity index (χ3n) is 2.26. The van der Waals surface area contributed by atoms with E-state index in [1.54, 1.807) is 7.11 Å². The lowest BCUT2D eigenvalue weighted by Gasteiger charge is -2.08. The molecule has 1 atom stereocenters. The minimum atomic E-state index is -0.186. The molecule has 1 aliphatic rings. The maximum absolute atomic E-state index is 5.64. The second-order valence-electron chi connectivity index (χ2n) is 3.43. The van der Waals surface area contributed by atoms with Crippen LogP contribution in [-0.4, -0.2) is 13.4 Å². The van der Waals surface area contributed by atoms with Gasteiger partial charge in [0, 0.05) is 11.3 Å². The van der Waals surface area contributed by atoms with Crippen molar-refractivity contribution in [2.24, 2.45) is 0 Å². The smallest absolute Gasteiger partial charge is 0.241 e. The van der Waals surface area contributed by atoms with Crippen molar-refractivity contribution in [3.05, 3.63) is 12.1 Å². The molecule has 15 heavy (non-hydrogen) atoms. The van der Waals surface area contributed by atoms with Crippen LogP contribution in [0.5, 0.6) is 17.2 Å². The van der Waals surface area contributed by atoms with Crippen molar-refractivity contribution in [3.8, 4) is 17.2 Å². The molecule has 3 nitrogen and oxygen atoms in total. The predicted octanol–water partition coefficient (Wildman–Crippen LogP) is 2.88. The first-order chi connectivity index (χ1) is 7.24. The van der Waals surface area contributed by atoms with Gasteiger partial charge in [0.15, 0.2) is 11.5 Å². The summed E-state index contributed by atoms with van der Waals surface area (Å²) in [6.07, 6.45) is 1.71. The van der Waals surface area contributed by atoms with Gasteiger partial charge in [-0.1, -0.05) is 6.92 Å². The van der Waals surface area contributed by atoms with Crippen LogP contribution in [0, 0.1) is 0 Å². The fourth-order valence-corrected chi connectivity index (χ4v) is 1.80. The molecule has 0 saturated carbocycles. The Labute approximate surface area is 94.7 Å². The molecule has 1 aromatic rings. The van der Waals surface area contributed by atoms with Crippen LogP contribution in [0.1, 0.15) is 19.8 Å². The normalized spacial score (nSPS) is 17.9. The number of hydrogen-bond donors (Lipinski definition) is 1. The molecule has 1 aromatic carbocycles. The summed E-state index contributed by atoms with van der Waals surface area (Å²) in [5, 5.41) is 0. The number of hydrogen-bond acceptors (Lipinski definition) is 4. The molecule has 0 amide bonds. The highest BCUT2D eigenvalue weighted by atomic mass is 32.1. The zero-order valence-electron chi connectivity index (χ0n) is 8.82. The molecule has 0 bridgehead atoms. The summed E-state index contributed by atoms with van der Waals surface area (Å²) in [6.45, 7) is 2.09. The van der Waals surface area contributed by atoms with Crippen molar-refractivity contribution < 1.29 is 14.2 Å². The largest absolute Gasteiger partial charge is 0.493 e. The summed E-state index contributed by atoms with van der Waals surface area (Å²) < 4.78 is 16.5. The molecular weight excluding hydrogens is 212 g/mol. The average Bonchev–Trinajstić information content (AvgIpc) is 2.59. The highest BCUT2D eigenvalue weighted by molar-refractivity contribution is 7.80. The topological polar surface area (TPSA) is 27.7 Å². The third-order valence-corrected chi connectivity index (χ3v) is 2.52. The lowest BCUT2D eigenvalue weighted by atomic mass is 10.3. The molecule has 82 valence electrons. The summed E-state index contributed by atoms with van der Waals surface area (Å²) in [4.78, 5) is 0.811. The fraction of sp³-hybridized carbons (Fsp3) is 0.455. The average molecular weight is 226 g/mol. The van der Waals surface area contributed by atoms with Crippen LogP contribution in [0.2, 0.25) is 0 Å². The number of thiol groups is 1. The summed E-state index contributed by atoms with van der Waals surface area (Å²) >= 11 is 4.27. The standard InChI is InChI=1S/C11H14O3S/c1-3-4-10-13-9-6-7(15)5-8(12-2)11(9)14-10/h5-6,10,15H,3-4H2,1-2H3. The molecule has 0 saturated heterocycles. The molecule has 4 heteroatoms. The van der Waals surface area contributed by atoms with Crippen molar-refractivity contribution in [1.29, 1.82) is 0 Å². The van der Waals surface area contributed by atoms with Gasteiger partial charge < -0.3 is 14.2 Å². The minimum Gasteiger partial charge on any atom is -0.493 e.